The van der Waals surface area contributed by atoms with Crippen molar-refractivity contribution in [3.63, 3.8) is 0 Å². The minimum Gasteiger partial charge on any atom is -0.465 e. The van der Waals surface area contributed by atoms with E-state index in [1.807, 2.05) is 0 Å². The van der Waals surface area contributed by atoms with Gasteiger partial charge in [-0.15, -0.1) is 16.4 Å². The summed E-state index contributed by atoms with van der Waals surface area (Å²) in [7, 11) is 1.27. The number of rotatable bonds is 4. The predicted octanol–water partition coefficient (Wildman–Crippen LogP) is 3.43. The summed E-state index contributed by atoms with van der Waals surface area (Å²) in [5.74, 6) is -0.481. The quantitative estimate of drug-likeness (QED) is 0.606. The van der Waals surface area contributed by atoms with Crippen molar-refractivity contribution in [2.45, 2.75) is 46.6 Å². The highest BCUT2D eigenvalue weighted by Gasteiger charge is 2.32. The fourth-order valence-corrected chi connectivity index (χ4v) is 5.41. The van der Waals surface area contributed by atoms with Crippen molar-refractivity contribution in [3.05, 3.63) is 50.6 Å². The molecule has 168 valence electrons. The zero-order valence-electron chi connectivity index (χ0n) is 18.6. The van der Waals surface area contributed by atoms with Gasteiger partial charge in [0, 0.05) is 4.88 Å². The third kappa shape index (κ3) is 4.17. The number of nitrogens with zero attached hydrogens (tertiary/aromatic N) is 3. The number of hydrogen-bond acceptors (Lipinski definition) is 7. The van der Waals surface area contributed by atoms with Gasteiger partial charge in [0.25, 0.3) is 5.56 Å². The van der Waals surface area contributed by atoms with Crippen LogP contribution in [0.5, 0.6) is 0 Å². The van der Waals surface area contributed by atoms with Gasteiger partial charge in [-0.2, -0.15) is 0 Å². The fraction of sp³-hybridized carbons (Fsp3) is 0.435. The molecule has 0 unspecified atom stereocenters. The number of carbonyl (C=O) groups is 2. The summed E-state index contributed by atoms with van der Waals surface area (Å²) in [6.45, 7) is 6.45. The lowest BCUT2D eigenvalue weighted by atomic mass is 9.72. The number of anilines is 1. The van der Waals surface area contributed by atoms with Crippen LogP contribution in [-0.2, 0) is 28.9 Å². The van der Waals surface area contributed by atoms with Crippen molar-refractivity contribution < 1.29 is 14.3 Å². The highest BCUT2D eigenvalue weighted by molar-refractivity contribution is 7.18. The lowest BCUT2D eigenvalue weighted by molar-refractivity contribution is -0.117. The number of para-hydroxylation sites is 1. The van der Waals surface area contributed by atoms with E-state index >= 15 is 0 Å². The number of ether oxygens (including phenoxy) is 1. The molecule has 1 atom stereocenters. The average molecular weight is 455 g/mol. The number of aromatic nitrogens is 3. The van der Waals surface area contributed by atoms with Gasteiger partial charge >= 0.3 is 5.97 Å². The Hall–Kier alpha value is -3.07. The van der Waals surface area contributed by atoms with Crippen LogP contribution in [0.1, 0.15) is 48.0 Å². The molecule has 0 spiro atoms. The smallest absolute Gasteiger partial charge is 0.339 e. The first-order chi connectivity index (χ1) is 15.2. The number of methoxy groups -OCH3 is 1. The van der Waals surface area contributed by atoms with Gasteiger partial charge in [-0.1, -0.05) is 38.1 Å². The zero-order valence-corrected chi connectivity index (χ0v) is 19.4. The van der Waals surface area contributed by atoms with Crippen LogP contribution < -0.4 is 10.9 Å². The van der Waals surface area contributed by atoms with E-state index in [9.17, 15) is 14.4 Å². The Labute approximate surface area is 189 Å². The van der Waals surface area contributed by atoms with Crippen molar-refractivity contribution in [3.8, 4) is 0 Å². The number of aryl methyl sites for hydroxylation is 1. The lowest BCUT2D eigenvalue weighted by Gasteiger charge is -2.33. The summed E-state index contributed by atoms with van der Waals surface area (Å²) in [6, 6.07) is 6.53. The predicted molar refractivity (Wildman–Crippen MR) is 123 cm³/mol. The third-order valence-corrected chi connectivity index (χ3v) is 7.20. The van der Waals surface area contributed by atoms with E-state index in [2.05, 4.69) is 36.4 Å². The highest BCUT2D eigenvalue weighted by atomic mass is 32.1. The van der Waals surface area contributed by atoms with Gasteiger partial charge in [0.05, 0.1) is 23.7 Å². The Bertz CT molecular complexity index is 1260. The maximum absolute atomic E-state index is 13.2. The number of nitrogens with one attached hydrogen (secondary N) is 1. The maximum Gasteiger partial charge on any atom is 0.339 e. The second-order valence-electron chi connectivity index (χ2n) is 9.13. The van der Waals surface area contributed by atoms with E-state index in [-0.39, 0.29) is 23.1 Å². The van der Waals surface area contributed by atoms with Gasteiger partial charge in [-0.05, 0) is 48.3 Å². The Morgan fingerprint density at radius 2 is 2.03 bits per heavy atom. The minimum atomic E-state index is -0.558. The molecular weight excluding hydrogens is 428 g/mol. The summed E-state index contributed by atoms with van der Waals surface area (Å²) < 4.78 is 5.83. The lowest BCUT2D eigenvalue weighted by Crippen LogP contribution is -2.31. The van der Waals surface area contributed by atoms with E-state index < -0.39 is 11.9 Å². The zero-order chi connectivity index (χ0) is 23.0. The molecular formula is C23H26N4O4S. The van der Waals surface area contributed by atoms with E-state index in [0.717, 1.165) is 29.5 Å². The first-order valence-electron chi connectivity index (χ1n) is 10.5. The standard InChI is InChI=1S/C23H26N4O4S/c1-23(2,3)13-9-10-15-17(11-13)32-20-19(15)21(29)27(26-25-20)12-18(28)24-16-8-6-5-7-14(16)22(30)31-4/h5-8,13H,9-12H2,1-4H3,(H,24,28)/t13-/m0/s1. The molecule has 1 aromatic carbocycles. The fourth-order valence-electron chi connectivity index (χ4n) is 4.18. The molecule has 9 heteroatoms. The molecule has 0 aliphatic heterocycles. The summed E-state index contributed by atoms with van der Waals surface area (Å²) in [5.41, 5.74) is 1.50. The minimum absolute atomic E-state index is 0.207. The Morgan fingerprint density at radius 3 is 2.75 bits per heavy atom. The van der Waals surface area contributed by atoms with Crippen LogP contribution in [0.2, 0.25) is 0 Å². The number of carbonyl (C=O) groups excluding carboxylic acids is 2. The van der Waals surface area contributed by atoms with Crippen LogP contribution in [0.4, 0.5) is 5.69 Å². The molecule has 1 aliphatic rings. The van der Waals surface area contributed by atoms with E-state index in [1.165, 1.54) is 23.3 Å². The van der Waals surface area contributed by atoms with Crippen LogP contribution >= 0.6 is 11.3 Å². The molecule has 1 amide bonds. The van der Waals surface area contributed by atoms with E-state index in [0.29, 0.717) is 21.8 Å². The van der Waals surface area contributed by atoms with Crippen LogP contribution in [-0.4, -0.2) is 34.0 Å². The molecule has 0 saturated carbocycles. The van der Waals surface area contributed by atoms with Crippen LogP contribution in [0.15, 0.2) is 29.1 Å². The first kappa shape index (κ1) is 22.1. The van der Waals surface area contributed by atoms with Crippen LogP contribution in [0.3, 0.4) is 0 Å². The molecule has 2 heterocycles. The molecule has 0 saturated heterocycles. The summed E-state index contributed by atoms with van der Waals surface area (Å²) in [5, 5.41) is 11.5. The number of fused-ring (bicyclic) bond motifs is 3. The topological polar surface area (TPSA) is 103 Å². The van der Waals surface area contributed by atoms with Crippen molar-refractivity contribution in [1.82, 2.24) is 15.0 Å². The molecule has 0 fully saturated rings. The average Bonchev–Trinajstić information content (AvgIpc) is 3.13. The maximum atomic E-state index is 13.2. The Morgan fingerprint density at radius 1 is 1.28 bits per heavy atom. The third-order valence-electron chi connectivity index (χ3n) is 6.06. The largest absolute Gasteiger partial charge is 0.465 e. The van der Waals surface area contributed by atoms with Gasteiger partial charge in [0.1, 0.15) is 6.54 Å². The van der Waals surface area contributed by atoms with Crippen molar-refractivity contribution in [2.24, 2.45) is 11.3 Å². The second-order valence-corrected chi connectivity index (χ2v) is 10.2. The molecule has 0 bridgehead atoms. The summed E-state index contributed by atoms with van der Waals surface area (Å²) >= 11 is 1.53. The van der Waals surface area contributed by atoms with Gasteiger partial charge in [0.15, 0.2) is 4.83 Å². The van der Waals surface area contributed by atoms with E-state index in [1.54, 1.807) is 24.3 Å². The molecule has 8 nitrogen and oxygen atoms in total. The molecule has 0 radical (unpaired) electrons. The normalized spacial score (nSPS) is 15.9. The molecule has 1 N–H and O–H groups in total. The van der Waals surface area contributed by atoms with Gasteiger partial charge in [0.2, 0.25) is 5.91 Å². The number of esters is 1. The number of thiophene rings is 1. The number of benzene rings is 1. The van der Waals surface area contributed by atoms with Crippen LogP contribution in [0, 0.1) is 11.3 Å². The van der Waals surface area contributed by atoms with Gasteiger partial charge in [-0.25, -0.2) is 9.48 Å². The van der Waals surface area contributed by atoms with E-state index in [4.69, 9.17) is 4.74 Å². The SMILES string of the molecule is COC(=O)c1ccccc1NC(=O)Cn1nnc2sc3c(c2c1=O)CC[C@H](C(C)(C)C)C3. The van der Waals surface area contributed by atoms with Crippen molar-refractivity contribution in [1.29, 1.82) is 0 Å². The van der Waals surface area contributed by atoms with Gasteiger partial charge < -0.3 is 10.1 Å². The molecule has 3 aromatic rings. The summed E-state index contributed by atoms with van der Waals surface area (Å²) in [4.78, 5) is 39.5. The second kappa shape index (κ2) is 8.46. The molecule has 1 aliphatic carbocycles. The monoisotopic (exact) mass is 454 g/mol. The van der Waals surface area contributed by atoms with Gasteiger partial charge in [-0.3, -0.25) is 9.59 Å². The Kier molecular flexibility index (Phi) is 5.85. The Balaban J connectivity index is 1.59. The highest BCUT2D eigenvalue weighted by Crippen LogP contribution is 2.41. The number of hydrogen-bond donors (Lipinski definition) is 1. The molecule has 4 rings (SSSR count). The molecule has 2 aromatic heterocycles. The first-order valence-corrected chi connectivity index (χ1v) is 11.4. The number of amides is 1. The van der Waals surface area contributed by atoms with Crippen molar-refractivity contribution in [2.75, 3.05) is 12.4 Å². The summed E-state index contributed by atoms with van der Waals surface area (Å²) in [6.07, 6.45) is 2.79. The van der Waals surface area contributed by atoms with Crippen LogP contribution in [0.25, 0.3) is 10.2 Å². The molecule has 32 heavy (non-hydrogen) atoms. The van der Waals surface area contributed by atoms with Crippen molar-refractivity contribution >= 4 is 39.1 Å².